The fourth-order valence-corrected chi connectivity index (χ4v) is 9.09. The van der Waals surface area contributed by atoms with Crippen molar-refractivity contribution in [2.45, 2.75) is 111 Å². The summed E-state index contributed by atoms with van der Waals surface area (Å²) in [6, 6.07) is 0. The largest absolute Gasteiger partial charge is 0.462 e. The Bertz CT molecular complexity index is 1220. The van der Waals surface area contributed by atoms with Crippen LogP contribution in [0.15, 0.2) is 12.2 Å². The van der Waals surface area contributed by atoms with Gasteiger partial charge in [0.05, 0.1) is 0 Å². The van der Waals surface area contributed by atoms with Crippen LogP contribution in [0.1, 0.15) is 81.1 Å². The van der Waals surface area contributed by atoms with E-state index in [1.54, 1.807) is 0 Å². The monoisotopic (exact) mass is 576 g/mol. The molecule has 0 saturated heterocycles. The number of Topliss-reactive ketones (excluding diaryl/α,β-unsaturated/α-hetero) is 1. The molecule has 4 rings (SSSR count). The van der Waals surface area contributed by atoms with Crippen molar-refractivity contribution in [1.29, 1.82) is 0 Å². The van der Waals surface area contributed by atoms with E-state index in [2.05, 4.69) is 20.4 Å². The molecule has 4 saturated carbocycles. The van der Waals surface area contributed by atoms with E-state index in [9.17, 15) is 28.8 Å². The maximum absolute atomic E-state index is 14.7. The fourth-order valence-electron chi connectivity index (χ4n) is 9.09. The van der Waals surface area contributed by atoms with Gasteiger partial charge in [0, 0.05) is 57.9 Å². The van der Waals surface area contributed by atoms with E-state index in [-0.39, 0.29) is 29.7 Å². The number of esters is 5. The van der Waals surface area contributed by atoms with Crippen molar-refractivity contribution in [2.24, 2.45) is 28.1 Å². The van der Waals surface area contributed by atoms with Gasteiger partial charge in [-0.1, -0.05) is 27.4 Å². The van der Waals surface area contributed by atoms with Crippen LogP contribution in [-0.2, 0) is 52.5 Å². The molecule has 4 aliphatic rings. The molecule has 0 aromatic heterocycles. The molecule has 4 aliphatic carbocycles. The van der Waals surface area contributed by atoms with E-state index in [1.165, 1.54) is 20.8 Å². The van der Waals surface area contributed by atoms with E-state index < -0.39 is 82.4 Å². The van der Waals surface area contributed by atoms with Gasteiger partial charge in [0.15, 0.2) is 17.5 Å². The van der Waals surface area contributed by atoms with E-state index in [0.717, 1.165) is 13.8 Å². The molecule has 0 aromatic rings. The maximum atomic E-state index is 14.7. The lowest BCUT2D eigenvalue weighted by Gasteiger charge is -2.68. The molecule has 0 aromatic carbocycles. The van der Waals surface area contributed by atoms with Gasteiger partial charge >= 0.3 is 29.8 Å². The van der Waals surface area contributed by atoms with Crippen molar-refractivity contribution in [3.8, 4) is 0 Å². The van der Waals surface area contributed by atoms with Crippen LogP contribution < -0.4 is 0 Å². The van der Waals surface area contributed by atoms with E-state index >= 15 is 0 Å². The molecule has 0 unspecified atom stereocenters. The zero-order valence-electron chi connectivity index (χ0n) is 25.0. The molecule has 9 atom stereocenters. The smallest absolute Gasteiger partial charge is 0.303 e. The molecule has 0 heterocycles. The van der Waals surface area contributed by atoms with Crippen LogP contribution in [0.4, 0.5) is 0 Å². The van der Waals surface area contributed by atoms with E-state index in [0.29, 0.717) is 12.8 Å². The molecule has 41 heavy (non-hydrogen) atoms. The third-order valence-electron chi connectivity index (χ3n) is 10.1. The molecular weight excluding hydrogens is 536 g/mol. The third-order valence-corrected chi connectivity index (χ3v) is 10.1. The lowest BCUT2D eigenvalue weighted by Crippen LogP contribution is -2.76. The standard InChI is InChI=1S/C30H40O11/c1-14-25(36)30-23(39-17(4)33)12-21-27(7,8)11-10-22(38-16(3)32)28(21,9)24(30)20(37-15(2)31)13-29(14,41-19(6)35)26(30)40-18(5)34/h20-24,26H,1,10-13H2,2-9H3/t20-,21+,22+,23+,24+,26-,28-,29+,30+/m0/s1. The molecule has 4 fully saturated rings. The van der Waals surface area contributed by atoms with Gasteiger partial charge in [-0.15, -0.1) is 0 Å². The van der Waals surface area contributed by atoms with Crippen molar-refractivity contribution in [2.75, 3.05) is 0 Å². The Labute approximate surface area is 239 Å². The third kappa shape index (κ3) is 4.37. The van der Waals surface area contributed by atoms with Crippen molar-refractivity contribution < 1.29 is 52.5 Å². The molecule has 11 nitrogen and oxygen atoms in total. The molecule has 1 spiro atoms. The van der Waals surface area contributed by atoms with Gasteiger partial charge in [0.2, 0.25) is 0 Å². The molecule has 0 amide bonds. The van der Waals surface area contributed by atoms with Gasteiger partial charge < -0.3 is 23.7 Å². The fraction of sp³-hybridized carbons (Fsp3) is 0.733. The summed E-state index contributed by atoms with van der Waals surface area (Å²) in [5, 5.41) is 0. The second kappa shape index (κ2) is 9.94. The average Bonchev–Trinajstić information content (AvgIpc) is 2.91. The molecular formula is C30H40O11. The first-order chi connectivity index (χ1) is 18.8. The number of hydrogen-bond donors (Lipinski definition) is 0. The normalized spacial score (nSPS) is 40.4. The number of carbonyl (C=O) groups excluding carboxylic acids is 6. The average molecular weight is 577 g/mol. The van der Waals surface area contributed by atoms with Crippen LogP contribution in [0.5, 0.6) is 0 Å². The second-order valence-electron chi connectivity index (χ2n) is 12.9. The van der Waals surface area contributed by atoms with Crippen molar-refractivity contribution in [1.82, 2.24) is 0 Å². The molecule has 0 N–H and O–H groups in total. The first-order valence-corrected chi connectivity index (χ1v) is 14.0. The van der Waals surface area contributed by atoms with Gasteiger partial charge in [0.25, 0.3) is 0 Å². The van der Waals surface area contributed by atoms with Crippen molar-refractivity contribution in [3.05, 3.63) is 12.2 Å². The van der Waals surface area contributed by atoms with Gasteiger partial charge in [-0.25, -0.2) is 0 Å². The van der Waals surface area contributed by atoms with E-state index in [1.807, 2.05) is 6.92 Å². The van der Waals surface area contributed by atoms with Crippen molar-refractivity contribution in [3.63, 3.8) is 0 Å². The molecule has 0 aliphatic heterocycles. The maximum Gasteiger partial charge on any atom is 0.303 e. The lowest BCUT2D eigenvalue weighted by molar-refractivity contribution is -0.299. The summed E-state index contributed by atoms with van der Waals surface area (Å²) in [6.45, 7) is 16.1. The zero-order chi connectivity index (χ0) is 30.9. The first-order valence-electron chi connectivity index (χ1n) is 14.0. The Morgan fingerprint density at radius 3 is 1.83 bits per heavy atom. The highest BCUT2D eigenvalue weighted by Gasteiger charge is 2.85. The SMILES string of the molecule is C=C1C(=O)[C@@]23[C@H]([C@@H](OC(C)=O)C[C@]1(OC(C)=O)[C@@H]2OC(C)=O)[C@@]1(C)[C@H](C[C@H]3OC(C)=O)C(C)(C)CC[C@H]1OC(C)=O. The predicted molar refractivity (Wildman–Crippen MR) is 141 cm³/mol. The van der Waals surface area contributed by atoms with Crippen molar-refractivity contribution >= 4 is 35.6 Å². The van der Waals surface area contributed by atoms with Crippen LogP contribution in [0, 0.1) is 28.1 Å². The zero-order valence-corrected chi connectivity index (χ0v) is 25.0. The van der Waals surface area contributed by atoms with Crippen LogP contribution in [0.25, 0.3) is 0 Å². The molecule has 0 radical (unpaired) electrons. The van der Waals surface area contributed by atoms with Crippen LogP contribution in [0.3, 0.4) is 0 Å². The summed E-state index contributed by atoms with van der Waals surface area (Å²) >= 11 is 0. The Kier molecular flexibility index (Phi) is 7.45. The number of rotatable bonds is 5. The van der Waals surface area contributed by atoms with Crippen LogP contribution in [-0.4, -0.2) is 65.6 Å². The Balaban J connectivity index is 2.13. The molecule has 226 valence electrons. The quantitative estimate of drug-likeness (QED) is 0.270. The van der Waals surface area contributed by atoms with Gasteiger partial charge in [-0.3, -0.25) is 28.8 Å². The highest BCUT2D eigenvalue weighted by molar-refractivity contribution is 6.07. The van der Waals surface area contributed by atoms with E-state index in [4.69, 9.17) is 23.7 Å². The molecule has 11 heteroatoms. The minimum Gasteiger partial charge on any atom is -0.462 e. The minimum atomic E-state index is -1.88. The predicted octanol–water partition coefficient (Wildman–Crippen LogP) is 3.01. The topological polar surface area (TPSA) is 149 Å². The summed E-state index contributed by atoms with van der Waals surface area (Å²) < 4.78 is 29.5. The first kappa shape index (κ1) is 30.7. The summed E-state index contributed by atoms with van der Waals surface area (Å²) in [6.07, 6.45) is -3.36. The number of hydrogen-bond acceptors (Lipinski definition) is 11. The van der Waals surface area contributed by atoms with Gasteiger partial charge in [-0.2, -0.15) is 0 Å². The Morgan fingerprint density at radius 2 is 1.32 bits per heavy atom. The number of fused-ring (bicyclic) bond motifs is 3. The van der Waals surface area contributed by atoms with Gasteiger partial charge in [-0.05, 0) is 30.6 Å². The second-order valence-corrected chi connectivity index (χ2v) is 12.9. The Morgan fingerprint density at radius 1 is 0.780 bits per heavy atom. The highest BCUT2D eigenvalue weighted by Crippen LogP contribution is 2.74. The summed E-state index contributed by atoms with van der Waals surface area (Å²) in [7, 11) is 0. The minimum absolute atomic E-state index is 0.142. The number of ketones is 1. The Hall–Kier alpha value is -3.24. The summed E-state index contributed by atoms with van der Waals surface area (Å²) in [5.41, 5.74) is -5.30. The summed E-state index contributed by atoms with van der Waals surface area (Å²) in [4.78, 5) is 77.5. The summed E-state index contributed by atoms with van der Waals surface area (Å²) in [5.74, 6) is -5.25. The number of ether oxygens (including phenoxy) is 5. The number of carbonyl (C=O) groups is 6. The lowest BCUT2D eigenvalue weighted by atomic mass is 9.38. The van der Waals surface area contributed by atoms with Crippen LogP contribution >= 0.6 is 0 Å². The molecule has 2 bridgehead atoms. The van der Waals surface area contributed by atoms with Gasteiger partial charge in [0.1, 0.15) is 23.7 Å². The highest BCUT2D eigenvalue weighted by atomic mass is 16.6. The van der Waals surface area contributed by atoms with Crippen LogP contribution in [0.2, 0.25) is 0 Å².